The van der Waals surface area contributed by atoms with E-state index in [9.17, 15) is 0 Å². The van der Waals surface area contributed by atoms with Crippen molar-refractivity contribution in [1.82, 2.24) is 5.32 Å². The molecule has 0 amide bonds. The Balaban J connectivity index is 0.000000671. The van der Waals surface area contributed by atoms with Crippen LogP contribution < -0.4 is 5.32 Å². The van der Waals surface area contributed by atoms with Crippen molar-refractivity contribution in [1.29, 1.82) is 0 Å². The minimum atomic E-state index is 0.334. The van der Waals surface area contributed by atoms with Crippen LogP contribution in [0.4, 0.5) is 0 Å². The van der Waals surface area contributed by atoms with Gasteiger partial charge in [0.2, 0.25) is 0 Å². The number of hydrogen-bond acceptors (Lipinski definition) is 1. The van der Waals surface area contributed by atoms with E-state index in [0.717, 1.165) is 5.92 Å². The highest BCUT2D eigenvalue weighted by molar-refractivity contribution is 4.95. The molecule has 0 bridgehead atoms. The number of piperidine rings is 1. The molecule has 0 aromatic rings. The lowest BCUT2D eigenvalue weighted by atomic mass is 9.77. The standard InChI is InChI=1S/C10H21N.C2H6/c1-8-6-9(2,3)11-10(4,5)7-8;1-2/h8,11H,6-7H2,1-5H3;1-2H3. The molecule has 0 aromatic heterocycles. The van der Waals surface area contributed by atoms with Gasteiger partial charge >= 0.3 is 0 Å². The normalized spacial score (nSPS) is 26.1. The van der Waals surface area contributed by atoms with E-state index < -0.39 is 0 Å². The van der Waals surface area contributed by atoms with E-state index >= 15 is 0 Å². The van der Waals surface area contributed by atoms with E-state index in [1.54, 1.807) is 0 Å². The molecule has 1 aliphatic rings. The first-order valence-electron chi connectivity index (χ1n) is 5.60. The van der Waals surface area contributed by atoms with Crippen molar-refractivity contribution in [3.8, 4) is 0 Å². The molecule has 0 unspecified atom stereocenters. The molecular formula is C12H27N. The van der Waals surface area contributed by atoms with E-state index in [-0.39, 0.29) is 0 Å². The van der Waals surface area contributed by atoms with E-state index in [1.807, 2.05) is 13.8 Å². The average Bonchev–Trinajstić information content (AvgIpc) is 1.82. The Morgan fingerprint density at radius 1 is 0.923 bits per heavy atom. The van der Waals surface area contributed by atoms with Gasteiger partial charge in [-0.2, -0.15) is 0 Å². The van der Waals surface area contributed by atoms with Crippen molar-refractivity contribution in [3.05, 3.63) is 0 Å². The molecule has 0 atom stereocenters. The van der Waals surface area contributed by atoms with Gasteiger partial charge in [0.15, 0.2) is 0 Å². The monoisotopic (exact) mass is 185 g/mol. The summed E-state index contributed by atoms with van der Waals surface area (Å²) < 4.78 is 0. The van der Waals surface area contributed by atoms with Crippen molar-refractivity contribution >= 4 is 0 Å². The molecule has 0 aromatic carbocycles. The maximum atomic E-state index is 3.66. The van der Waals surface area contributed by atoms with Crippen LogP contribution in [0, 0.1) is 5.92 Å². The molecule has 1 nitrogen and oxygen atoms in total. The maximum absolute atomic E-state index is 3.66. The summed E-state index contributed by atoms with van der Waals surface area (Å²) in [6.45, 7) is 15.5. The second kappa shape index (κ2) is 4.45. The molecule has 0 saturated carbocycles. The lowest BCUT2D eigenvalue weighted by Gasteiger charge is -2.45. The van der Waals surface area contributed by atoms with Gasteiger partial charge in [0.1, 0.15) is 0 Å². The quantitative estimate of drug-likeness (QED) is 0.608. The van der Waals surface area contributed by atoms with Crippen molar-refractivity contribution in [2.24, 2.45) is 5.92 Å². The van der Waals surface area contributed by atoms with Gasteiger partial charge < -0.3 is 5.32 Å². The van der Waals surface area contributed by atoms with Crippen LogP contribution in [0.15, 0.2) is 0 Å². The summed E-state index contributed by atoms with van der Waals surface area (Å²) in [7, 11) is 0. The third kappa shape index (κ3) is 4.66. The van der Waals surface area contributed by atoms with E-state index in [1.165, 1.54) is 12.8 Å². The van der Waals surface area contributed by atoms with Gasteiger partial charge in [0.05, 0.1) is 0 Å². The van der Waals surface area contributed by atoms with Crippen LogP contribution in [-0.2, 0) is 0 Å². The lowest BCUT2D eigenvalue weighted by molar-refractivity contribution is 0.138. The molecule has 0 aliphatic carbocycles. The Morgan fingerprint density at radius 2 is 1.23 bits per heavy atom. The van der Waals surface area contributed by atoms with Gasteiger partial charge in [-0.05, 0) is 46.5 Å². The summed E-state index contributed by atoms with van der Waals surface area (Å²) in [5, 5.41) is 3.66. The average molecular weight is 185 g/mol. The number of nitrogens with one attached hydrogen (secondary N) is 1. The first-order valence-corrected chi connectivity index (χ1v) is 5.60. The van der Waals surface area contributed by atoms with Gasteiger partial charge in [0.25, 0.3) is 0 Å². The maximum Gasteiger partial charge on any atom is 0.0132 e. The minimum Gasteiger partial charge on any atom is -0.307 e. The third-order valence-corrected chi connectivity index (χ3v) is 2.39. The van der Waals surface area contributed by atoms with Crippen LogP contribution in [0.1, 0.15) is 61.3 Å². The van der Waals surface area contributed by atoms with Crippen molar-refractivity contribution in [3.63, 3.8) is 0 Å². The Hall–Kier alpha value is -0.0400. The second-order valence-electron chi connectivity index (χ2n) is 5.41. The van der Waals surface area contributed by atoms with Crippen LogP contribution in [0.3, 0.4) is 0 Å². The van der Waals surface area contributed by atoms with E-state index in [2.05, 4.69) is 39.9 Å². The zero-order valence-electron chi connectivity index (χ0n) is 10.5. The summed E-state index contributed by atoms with van der Waals surface area (Å²) in [5.41, 5.74) is 0.669. The van der Waals surface area contributed by atoms with Crippen molar-refractivity contribution < 1.29 is 0 Å². The van der Waals surface area contributed by atoms with Crippen LogP contribution in [-0.4, -0.2) is 11.1 Å². The molecule has 1 fully saturated rings. The molecule has 0 radical (unpaired) electrons. The molecule has 1 aliphatic heterocycles. The molecule has 0 spiro atoms. The fourth-order valence-electron chi connectivity index (χ4n) is 2.83. The zero-order chi connectivity index (χ0) is 10.7. The fourth-order valence-corrected chi connectivity index (χ4v) is 2.83. The highest BCUT2D eigenvalue weighted by Gasteiger charge is 2.35. The highest BCUT2D eigenvalue weighted by atomic mass is 15.0. The molecule has 80 valence electrons. The number of hydrogen-bond donors (Lipinski definition) is 1. The first kappa shape index (κ1) is 13.0. The molecule has 1 heteroatoms. The highest BCUT2D eigenvalue weighted by Crippen LogP contribution is 2.31. The summed E-state index contributed by atoms with van der Waals surface area (Å²) in [4.78, 5) is 0. The SMILES string of the molecule is CC.CC1CC(C)(C)NC(C)(C)C1. The van der Waals surface area contributed by atoms with Crippen LogP contribution >= 0.6 is 0 Å². The molecular weight excluding hydrogens is 158 g/mol. The Bertz CT molecular complexity index is 131. The van der Waals surface area contributed by atoms with Crippen LogP contribution in [0.25, 0.3) is 0 Å². The Kier molecular flexibility index (Phi) is 4.44. The zero-order valence-corrected chi connectivity index (χ0v) is 10.5. The predicted octanol–water partition coefficient (Wildman–Crippen LogP) is 3.59. The Morgan fingerprint density at radius 3 is 1.46 bits per heavy atom. The van der Waals surface area contributed by atoms with Gasteiger partial charge in [-0.15, -0.1) is 0 Å². The topological polar surface area (TPSA) is 12.0 Å². The summed E-state index contributed by atoms with van der Waals surface area (Å²) in [5.74, 6) is 0.862. The van der Waals surface area contributed by atoms with E-state index in [0.29, 0.717) is 11.1 Å². The van der Waals surface area contributed by atoms with E-state index in [4.69, 9.17) is 0 Å². The van der Waals surface area contributed by atoms with Crippen LogP contribution in [0.2, 0.25) is 0 Å². The second-order valence-corrected chi connectivity index (χ2v) is 5.41. The smallest absolute Gasteiger partial charge is 0.0132 e. The molecule has 1 saturated heterocycles. The van der Waals surface area contributed by atoms with Crippen molar-refractivity contribution in [2.75, 3.05) is 0 Å². The third-order valence-electron chi connectivity index (χ3n) is 2.39. The Labute approximate surface area is 84.3 Å². The van der Waals surface area contributed by atoms with Gasteiger partial charge in [-0.25, -0.2) is 0 Å². The van der Waals surface area contributed by atoms with Crippen molar-refractivity contribution in [2.45, 2.75) is 72.4 Å². The summed E-state index contributed by atoms with van der Waals surface area (Å²) in [6.07, 6.45) is 2.60. The largest absolute Gasteiger partial charge is 0.307 e. The molecule has 13 heavy (non-hydrogen) atoms. The summed E-state index contributed by atoms with van der Waals surface area (Å²) >= 11 is 0. The summed E-state index contributed by atoms with van der Waals surface area (Å²) in [6, 6.07) is 0. The van der Waals surface area contributed by atoms with Crippen LogP contribution in [0.5, 0.6) is 0 Å². The molecule has 1 rings (SSSR count). The van der Waals surface area contributed by atoms with Gasteiger partial charge in [-0.1, -0.05) is 20.8 Å². The number of rotatable bonds is 0. The molecule has 1 N–H and O–H groups in total. The molecule has 1 heterocycles. The first-order chi connectivity index (χ1) is 5.81. The fraction of sp³-hybridized carbons (Fsp3) is 1.00. The minimum absolute atomic E-state index is 0.334. The van der Waals surface area contributed by atoms with Gasteiger partial charge in [-0.3, -0.25) is 0 Å². The lowest BCUT2D eigenvalue weighted by Crippen LogP contribution is -2.57. The predicted molar refractivity (Wildman–Crippen MR) is 61.0 cm³/mol. The van der Waals surface area contributed by atoms with Gasteiger partial charge in [0, 0.05) is 11.1 Å².